The van der Waals surface area contributed by atoms with Crippen LogP contribution in [0.5, 0.6) is 5.75 Å². The summed E-state index contributed by atoms with van der Waals surface area (Å²) < 4.78 is 11.4. The molecule has 5 nitrogen and oxygen atoms in total. The van der Waals surface area contributed by atoms with Gasteiger partial charge in [-0.1, -0.05) is 26.0 Å². The molecule has 2 saturated heterocycles. The van der Waals surface area contributed by atoms with Gasteiger partial charge in [-0.15, -0.1) is 0 Å². The van der Waals surface area contributed by atoms with Gasteiger partial charge in [0.25, 0.3) is 0 Å². The highest BCUT2D eigenvalue weighted by Gasteiger charge is 2.41. The summed E-state index contributed by atoms with van der Waals surface area (Å²) in [6.45, 7) is 9.01. The van der Waals surface area contributed by atoms with E-state index in [9.17, 15) is 4.79 Å². The van der Waals surface area contributed by atoms with E-state index in [2.05, 4.69) is 17.0 Å². The van der Waals surface area contributed by atoms with E-state index in [1.165, 1.54) is 5.56 Å². The van der Waals surface area contributed by atoms with Gasteiger partial charge in [0.15, 0.2) is 0 Å². The first kappa shape index (κ1) is 18.2. The second-order valence-corrected chi connectivity index (χ2v) is 7.61. The van der Waals surface area contributed by atoms with Crippen LogP contribution in [0.1, 0.15) is 32.3 Å². The molecule has 3 rings (SSSR count). The fourth-order valence-electron chi connectivity index (χ4n) is 3.95. The number of ether oxygens (including phenoxy) is 2. The van der Waals surface area contributed by atoms with Gasteiger partial charge in [0.1, 0.15) is 5.75 Å². The Kier molecular flexibility index (Phi) is 5.64. The zero-order valence-electron chi connectivity index (χ0n) is 15.7. The van der Waals surface area contributed by atoms with Crippen molar-refractivity contribution in [3.05, 3.63) is 29.8 Å². The SMILES string of the molecule is COc1ccc(CN2CCO[C@]3(CCCN(C(=O)C(C)C)C3)C2)cc1. The summed E-state index contributed by atoms with van der Waals surface area (Å²) in [7, 11) is 1.69. The van der Waals surface area contributed by atoms with Crippen molar-refractivity contribution in [3.63, 3.8) is 0 Å². The summed E-state index contributed by atoms with van der Waals surface area (Å²) in [5, 5.41) is 0. The molecule has 138 valence electrons. The summed E-state index contributed by atoms with van der Waals surface area (Å²) in [4.78, 5) is 16.9. The van der Waals surface area contributed by atoms with Gasteiger partial charge >= 0.3 is 0 Å². The molecule has 25 heavy (non-hydrogen) atoms. The Morgan fingerprint density at radius 2 is 2.00 bits per heavy atom. The standard InChI is InChI=1S/C20H30N2O3/c1-16(2)19(23)22-10-4-9-20(15-22)14-21(11-12-25-20)13-17-5-7-18(24-3)8-6-17/h5-8,16H,4,9-15H2,1-3H3/t20-/m1/s1. The molecule has 1 spiro atoms. The lowest BCUT2D eigenvalue weighted by Gasteiger charge is -2.48. The van der Waals surface area contributed by atoms with Crippen molar-refractivity contribution >= 4 is 5.91 Å². The maximum absolute atomic E-state index is 12.4. The molecule has 5 heteroatoms. The van der Waals surface area contributed by atoms with Gasteiger partial charge in [-0.2, -0.15) is 0 Å². The van der Waals surface area contributed by atoms with Gasteiger partial charge < -0.3 is 14.4 Å². The Bertz CT molecular complexity index is 583. The molecule has 1 aromatic rings. The summed E-state index contributed by atoms with van der Waals surface area (Å²) in [5.74, 6) is 1.18. The minimum absolute atomic E-state index is 0.0501. The van der Waals surface area contributed by atoms with Crippen LogP contribution in [0.2, 0.25) is 0 Å². The van der Waals surface area contributed by atoms with Crippen LogP contribution < -0.4 is 4.74 Å². The summed E-state index contributed by atoms with van der Waals surface area (Å²) in [6, 6.07) is 8.26. The first-order valence-electron chi connectivity index (χ1n) is 9.29. The Balaban J connectivity index is 1.64. The van der Waals surface area contributed by atoms with Crippen molar-refractivity contribution in [1.82, 2.24) is 9.80 Å². The number of methoxy groups -OCH3 is 1. The summed E-state index contributed by atoms with van der Waals surface area (Å²) in [5.41, 5.74) is 1.08. The van der Waals surface area contributed by atoms with Crippen LogP contribution in [0.15, 0.2) is 24.3 Å². The molecule has 1 amide bonds. The summed E-state index contributed by atoms with van der Waals surface area (Å²) in [6.07, 6.45) is 2.06. The quantitative estimate of drug-likeness (QED) is 0.840. The number of carbonyl (C=O) groups is 1. The minimum Gasteiger partial charge on any atom is -0.497 e. The van der Waals surface area contributed by atoms with E-state index in [0.29, 0.717) is 0 Å². The van der Waals surface area contributed by atoms with Crippen molar-refractivity contribution < 1.29 is 14.3 Å². The van der Waals surface area contributed by atoms with Crippen LogP contribution in [0.4, 0.5) is 0 Å². The van der Waals surface area contributed by atoms with Crippen molar-refractivity contribution in [2.45, 2.75) is 38.8 Å². The molecular formula is C20H30N2O3. The fraction of sp³-hybridized carbons (Fsp3) is 0.650. The predicted molar refractivity (Wildman–Crippen MR) is 97.6 cm³/mol. The zero-order valence-corrected chi connectivity index (χ0v) is 15.7. The molecule has 0 aliphatic carbocycles. The average Bonchev–Trinajstić information content (AvgIpc) is 2.62. The molecule has 2 aliphatic heterocycles. The highest BCUT2D eigenvalue weighted by Crippen LogP contribution is 2.30. The number of likely N-dealkylation sites (tertiary alicyclic amines) is 1. The van der Waals surface area contributed by atoms with Crippen LogP contribution in [-0.4, -0.2) is 61.2 Å². The summed E-state index contributed by atoms with van der Waals surface area (Å²) >= 11 is 0. The first-order chi connectivity index (χ1) is 12.0. The molecule has 2 heterocycles. The molecule has 0 bridgehead atoms. The Morgan fingerprint density at radius 3 is 2.68 bits per heavy atom. The van der Waals surface area contributed by atoms with Crippen LogP contribution in [-0.2, 0) is 16.1 Å². The largest absolute Gasteiger partial charge is 0.497 e. The fourth-order valence-corrected chi connectivity index (χ4v) is 3.95. The third kappa shape index (κ3) is 4.33. The Hall–Kier alpha value is -1.59. The van der Waals surface area contributed by atoms with E-state index in [-0.39, 0.29) is 17.4 Å². The number of morpholine rings is 1. The van der Waals surface area contributed by atoms with Gasteiger partial charge in [-0.3, -0.25) is 9.69 Å². The monoisotopic (exact) mass is 346 g/mol. The van der Waals surface area contributed by atoms with E-state index < -0.39 is 0 Å². The molecule has 1 atom stereocenters. The molecule has 0 saturated carbocycles. The number of benzene rings is 1. The zero-order chi connectivity index (χ0) is 17.9. The van der Waals surface area contributed by atoms with Crippen LogP contribution in [0.3, 0.4) is 0 Å². The molecular weight excluding hydrogens is 316 g/mol. The highest BCUT2D eigenvalue weighted by molar-refractivity contribution is 5.78. The number of rotatable bonds is 4. The van der Waals surface area contributed by atoms with Gasteiger partial charge in [0.05, 0.1) is 25.9 Å². The number of nitrogens with zero attached hydrogens (tertiary/aromatic N) is 2. The third-order valence-electron chi connectivity index (χ3n) is 5.24. The second-order valence-electron chi connectivity index (χ2n) is 7.61. The molecule has 2 fully saturated rings. The number of carbonyl (C=O) groups excluding carboxylic acids is 1. The van der Waals surface area contributed by atoms with Crippen LogP contribution in [0, 0.1) is 5.92 Å². The molecule has 2 aliphatic rings. The van der Waals surface area contributed by atoms with Crippen LogP contribution in [0.25, 0.3) is 0 Å². The van der Waals surface area contributed by atoms with Gasteiger partial charge in [-0.05, 0) is 30.5 Å². The number of hydrogen-bond acceptors (Lipinski definition) is 4. The molecule has 0 radical (unpaired) electrons. The lowest BCUT2D eigenvalue weighted by molar-refractivity contribution is -0.160. The molecule has 0 N–H and O–H groups in total. The van der Waals surface area contributed by atoms with Crippen molar-refractivity contribution in [2.75, 3.05) is 39.9 Å². The van der Waals surface area contributed by atoms with Gasteiger partial charge in [0, 0.05) is 32.1 Å². The van der Waals surface area contributed by atoms with Gasteiger partial charge in [-0.25, -0.2) is 0 Å². The lowest BCUT2D eigenvalue weighted by Crippen LogP contribution is -2.60. The number of piperidine rings is 1. The molecule has 0 aromatic heterocycles. The van der Waals surface area contributed by atoms with Crippen molar-refractivity contribution in [3.8, 4) is 5.75 Å². The van der Waals surface area contributed by atoms with E-state index in [1.807, 2.05) is 30.9 Å². The minimum atomic E-state index is -0.201. The Labute approximate surface area is 150 Å². The van der Waals surface area contributed by atoms with Gasteiger partial charge in [0.2, 0.25) is 5.91 Å². The van der Waals surface area contributed by atoms with E-state index in [0.717, 1.165) is 57.9 Å². The molecule has 1 aromatic carbocycles. The average molecular weight is 346 g/mol. The first-order valence-corrected chi connectivity index (χ1v) is 9.29. The number of amides is 1. The smallest absolute Gasteiger partial charge is 0.225 e. The second kappa shape index (κ2) is 7.75. The highest BCUT2D eigenvalue weighted by atomic mass is 16.5. The molecule has 0 unspecified atom stereocenters. The van der Waals surface area contributed by atoms with E-state index >= 15 is 0 Å². The topological polar surface area (TPSA) is 42.0 Å². The normalized spacial score (nSPS) is 24.7. The van der Waals surface area contributed by atoms with Crippen molar-refractivity contribution in [2.24, 2.45) is 5.92 Å². The Morgan fingerprint density at radius 1 is 1.24 bits per heavy atom. The van der Waals surface area contributed by atoms with E-state index in [4.69, 9.17) is 9.47 Å². The van der Waals surface area contributed by atoms with E-state index in [1.54, 1.807) is 7.11 Å². The maximum Gasteiger partial charge on any atom is 0.225 e. The third-order valence-corrected chi connectivity index (χ3v) is 5.24. The lowest BCUT2D eigenvalue weighted by atomic mass is 9.90. The van der Waals surface area contributed by atoms with Crippen LogP contribution >= 0.6 is 0 Å². The predicted octanol–water partition coefficient (Wildman–Crippen LogP) is 2.54. The maximum atomic E-state index is 12.4. The van der Waals surface area contributed by atoms with Crippen molar-refractivity contribution in [1.29, 1.82) is 0 Å². The number of hydrogen-bond donors (Lipinski definition) is 0.